The van der Waals surface area contributed by atoms with Crippen LogP contribution < -0.4 is 20.7 Å². The highest BCUT2D eigenvalue weighted by atomic mass is 32.2. The minimum atomic E-state index is -3.73. The molecular weight excluding hydrogens is 399 g/mol. The molecule has 0 saturated carbocycles. The Labute approximate surface area is 167 Å². The highest BCUT2D eigenvalue weighted by molar-refractivity contribution is 7.89. The molecule has 0 aromatic heterocycles. The molecule has 154 valence electrons. The molecule has 1 aliphatic rings. The molecule has 8 nitrogen and oxygen atoms in total. The minimum Gasteiger partial charge on any atom is -0.338 e. The summed E-state index contributed by atoms with van der Waals surface area (Å²) < 4.78 is 35.8. The Hall–Kier alpha value is -2.98. The van der Waals surface area contributed by atoms with Crippen LogP contribution in [0.2, 0.25) is 0 Å². The van der Waals surface area contributed by atoms with Crippen LogP contribution in [0.25, 0.3) is 0 Å². The van der Waals surface area contributed by atoms with Gasteiger partial charge in [-0.1, -0.05) is 18.2 Å². The molecule has 2 aromatic rings. The van der Waals surface area contributed by atoms with Crippen LogP contribution in [-0.4, -0.2) is 39.5 Å². The Bertz CT molecular complexity index is 1010. The third-order valence-corrected chi connectivity index (χ3v) is 5.46. The molecule has 3 amide bonds. The number of nitrogens with two attached hydrogens (primary N) is 1. The van der Waals surface area contributed by atoms with Crippen LogP contribution in [-0.2, 0) is 21.2 Å². The fourth-order valence-corrected chi connectivity index (χ4v) is 3.62. The number of hydrogen-bond acceptors (Lipinski definition) is 4. The number of carbonyl (C=O) groups is 2. The lowest BCUT2D eigenvalue weighted by Crippen LogP contribution is -2.43. The fourth-order valence-electron chi connectivity index (χ4n) is 3.10. The number of amides is 3. The quantitative estimate of drug-likeness (QED) is 0.648. The summed E-state index contributed by atoms with van der Waals surface area (Å²) in [7, 11) is -3.73. The summed E-state index contributed by atoms with van der Waals surface area (Å²) in [6.07, 6.45) is 0.635. The Morgan fingerprint density at radius 1 is 1.21 bits per heavy atom. The van der Waals surface area contributed by atoms with Gasteiger partial charge in [-0.3, -0.25) is 4.79 Å². The molecule has 3 rings (SSSR count). The maximum Gasteiger partial charge on any atom is 0.315 e. The number of nitrogens with zero attached hydrogens (tertiary/aromatic N) is 1. The van der Waals surface area contributed by atoms with E-state index < -0.39 is 21.9 Å². The van der Waals surface area contributed by atoms with Crippen LogP contribution in [0.5, 0.6) is 0 Å². The van der Waals surface area contributed by atoms with Crippen molar-refractivity contribution in [2.45, 2.75) is 23.8 Å². The van der Waals surface area contributed by atoms with Crippen molar-refractivity contribution in [3.05, 3.63) is 59.9 Å². The lowest BCUT2D eigenvalue weighted by molar-refractivity contribution is -0.117. The Morgan fingerprint density at radius 3 is 2.59 bits per heavy atom. The van der Waals surface area contributed by atoms with E-state index >= 15 is 0 Å². The number of carbonyl (C=O) groups excluding carboxylic acids is 2. The van der Waals surface area contributed by atoms with Crippen LogP contribution in [0, 0.1) is 5.82 Å². The van der Waals surface area contributed by atoms with Gasteiger partial charge in [0.25, 0.3) is 0 Å². The first kappa shape index (κ1) is 20.7. The number of nitrogens with one attached hydrogen (secondary N) is 2. The van der Waals surface area contributed by atoms with E-state index in [2.05, 4.69) is 10.6 Å². The van der Waals surface area contributed by atoms with E-state index in [1.807, 2.05) is 0 Å². The number of primary sulfonamides is 1. The molecule has 29 heavy (non-hydrogen) atoms. The molecule has 1 saturated heterocycles. The van der Waals surface area contributed by atoms with Crippen LogP contribution in [0.1, 0.15) is 12.0 Å². The van der Waals surface area contributed by atoms with Crippen LogP contribution >= 0.6 is 0 Å². The zero-order chi connectivity index (χ0) is 21.0. The third kappa shape index (κ3) is 5.52. The number of benzene rings is 2. The zero-order valence-electron chi connectivity index (χ0n) is 15.5. The highest BCUT2D eigenvalue weighted by Gasteiger charge is 2.31. The largest absolute Gasteiger partial charge is 0.338 e. The molecule has 1 fully saturated rings. The van der Waals surface area contributed by atoms with E-state index in [-0.39, 0.29) is 29.8 Å². The van der Waals surface area contributed by atoms with Gasteiger partial charge in [-0.15, -0.1) is 0 Å². The maximum absolute atomic E-state index is 13.4. The summed E-state index contributed by atoms with van der Waals surface area (Å²) >= 11 is 0. The highest BCUT2D eigenvalue weighted by Crippen LogP contribution is 2.22. The topological polar surface area (TPSA) is 122 Å². The maximum atomic E-state index is 13.4. The summed E-state index contributed by atoms with van der Waals surface area (Å²) in [5.74, 6) is -0.614. The summed E-state index contributed by atoms with van der Waals surface area (Å²) in [5, 5.41) is 10.5. The molecular formula is C19H21FN4O4S. The second-order valence-electron chi connectivity index (χ2n) is 6.72. The minimum absolute atomic E-state index is 0.0284. The van der Waals surface area contributed by atoms with E-state index in [9.17, 15) is 22.4 Å². The zero-order valence-corrected chi connectivity index (χ0v) is 16.3. The van der Waals surface area contributed by atoms with Crippen LogP contribution in [0.4, 0.5) is 14.9 Å². The molecule has 2 aromatic carbocycles. The molecule has 10 heteroatoms. The third-order valence-electron chi connectivity index (χ3n) is 4.53. The average molecular weight is 420 g/mol. The molecule has 0 unspecified atom stereocenters. The van der Waals surface area contributed by atoms with Crippen molar-refractivity contribution in [1.29, 1.82) is 0 Å². The van der Waals surface area contributed by atoms with Gasteiger partial charge in [-0.2, -0.15) is 0 Å². The monoisotopic (exact) mass is 420 g/mol. The van der Waals surface area contributed by atoms with Gasteiger partial charge in [0.2, 0.25) is 15.9 Å². The molecule has 1 aliphatic heterocycles. The van der Waals surface area contributed by atoms with E-state index in [1.54, 1.807) is 18.2 Å². The van der Waals surface area contributed by atoms with Gasteiger partial charge >= 0.3 is 6.03 Å². The Kier molecular flexibility index (Phi) is 6.14. The predicted octanol–water partition coefficient (Wildman–Crippen LogP) is 1.12. The van der Waals surface area contributed by atoms with Gasteiger partial charge in [-0.25, -0.2) is 22.7 Å². The van der Waals surface area contributed by atoms with Gasteiger partial charge in [0.1, 0.15) is 5.82 Å². The van der Waals surface area contributed by atoms with Crippen molar-refractivity contribution in [3.8, 4) is 0 Å². The summed E-state index contributed by atoms with van der Waals surface area (Å²) in [4.78, 5) is 25.7. The smallest absolute Gasteiger partial charge is 0.315 e. The standard InChI is InChI=1S/C19H21FN4O4S/c20-14-2-1-3-16(10-14)24-12-15(11-18(24)25)23-19(26)22-9-8-13-4-6-17(7-5-13)29(21,27)28/h1-7,10,15H,8-9,11-12H2,(H2,21,27,28)(H2,22,23,26)/t15-/m0/s1. The SMILES string of the molecule is NS(=O)(=O)c1ccc(CCNC(=O)N[C@H]2CC(=O)N(c3cccc(F)c3)C2)cc1. The Balaban J connectivity index is 1.46. The van der Waals surface area contributed by atoms with Gasteiger partial charge in [0.05, 0.1) is 10.9 Å². The van der Waals surface area contributed by atoms with Gasteiger partial charge in [0.15, 0.2) is 0 Å². The first-order valence-corrected chi connectivity index (χ1v) is 10.5. The predicted molar refractivity (Wildman–Crippen MR) is 105 cm³/mol. The second-order valence-corrected chi connectivity index (χ2v) is 8.29. The Morgan fingerprint density at radius 2 is 1.93 bits per heavy atom. The van der Waals surface area contributed by atoms with E-state index in [0.717, 1.165) is 5.56 Å². The summed E-state index contributed by atoms with van der Waals surface area (Å²) in [6, 6.07) is 11.1. The van der Waals surface area contributed by atoms with Crippen molar-refractivity contribution >= 4 is 27.6 Å². The van der Waals surface area contributed by atoms with Crippen molar-refractivity contribution in [2.24, 2.45) is 5.14 Å². The van der Waals surface area contributed by atoms with Gasteiger partial charge < -0.3 is 15.5 Å². The van der Waals surface area contributed by atoms with Crippen LogP contribution in [0.15, 0.2) is 53.4 Å². The van der Waals surface area contributed by atoms with Gasteiger partial charge in [0, 0.05) is 25.2 Å². The fraction of sp³-hybridized carbons (Fsp3) is 0.263. The van der Waals surface area contributed by atoms with Crippen molar-refractivity contribution in [1.82, 2.24) is 10.6 Å². The summed E-state index contributed by atoms with van der Waals surface area (Å²) in [5.41, 5.74) is 1.30. The van der Waals surface area contributed by atoms with E-state index in [1.165, 1.54) is 35.2 Å². The molecule has 1 heterocycles. The molecule has 0 bridgehead atoms. The number of rotatable bonds is 6. The van der Waals surface area contributed by atoms with Crippen molar-refractivity contribution < 1.29 is 22.4 Å². The number of sulfonamides is 1. The van der Waals surface area contributed by atoms with Crippen molar-refractivity contribution in [3.63, 3.8) is 0 Å². The molecule has 0 spiro atoms. The van der Waals surface area contributed by atoms with Crippen LogP contribution in [0.3, 0.4) is 0 Å². The number of halogens is 1. The van der Waals surface area contributed by atoms with Crippen molar-refractivity contribution in [2.75, 3.05) is 18.0 Å². The number of anilines is 1. The lowest BCUT2D eigenvalue weighted by Gasteiger charge is -2.17. The lowest BCUT2D eigenvalue weighted by atomic mass is 10.1. The number of hydrogen-bond donors (Lipinski definition) is 3. The molecule has 0 aliphatic carbocycles. The van der Waals surface area contributed by atoms with Gasteiger partial charge in [-0.05, 0) is 42.3 Å². The summed E-state index contributed by atoms with van der Waals surface area (Å²) in [6.45, 7) is 0.597. The first-order chi connectivity index (χ1) is 13.7. The first-order valence-electron chi connectivity index (χ1n) is 8.94. The van der Waals surface area contributed by atoms with E-state index in [4.69, 9.17) is 5.14 Å². The second kappa shape index (κ2) is 8.58. The molecule has 1 atom stereocenters. The average Bonchev–Trinajstić information content (AvgIpc) is 3.01. The normalized spacial score (nSPS) is 16.7. The van der Waals surface area contributed by atoms with E-state index in [0.29, 0.717) is 18.7 Å². The number of urea groups is 1. The molecule has 0 radical (unpaired) electrons. The molecule has 4 N–H and O–H groups in total.